The fourth-order valence-electron chi connectivity index (χ4n) is 2.97. The number of aromatic nitrogens is 2. The Morgan fingerprint density at radius 3 is 2.95 bits per heavy atom. The number of imidazole rings is 1. The van der Waals surface area contributed by atoms with E-state index in [2.05, 4.69) is 4.98 Å². The zero-order chi connectivity index (χ0) is 15.5. The molecule has 1 aromatic carbocycles. The predicted molar refractivity (Wildman–Crippen MR) is 81.3 cm³/mol. The number of carboxylic acids is 1. The van der Waals surface area contributed by atoms with Crippen molar-refractivity contribution in [2.75, 3.05) is 13.1 Å². The molecular weight excluding hydrogens is 282 g/mol. The molecular formula is C16H19N3O3. The van der Waals surface area contributed by atoms with Gasteiger partial charge in [-0.2, -0.15) is 0 Å². The van der Waals surface area contributed by atoms with Crippen LogP contribution in [0.4, 0.5) is 0 Å². The first kappa shape index (κ1) is 14.6. The highest BCUT2D eigenvalue weighted by molar-refractivity contribution is 5.79. The molecule has 1 saturated heterocycles. The molecule has 1 aliphatic heterocycles. The van der Waals surface area contributed by atoms with Gasteiger partial charge in [0.2, 0.25) is 5.91 Å². The van der Waals surface area contributed by atoms with E-state index in [-0.39, 0.29) is 5.91 Å². The molecule has 0 spiro atoms. The number of likely N-dealkylation sites (tertiary alicyclic amines) is 1. The summed E-state index contributed by atoms with van der Waals surface area (Å²) in [6.07, 6.45) is 3.53. The minimum Gasteiger partial charge on any atom is -0.481 e. The largest absolute Gasteiger partial charge is 0.481 e. The Morgan fingerprint density at radius 2 is 2.14 bits per heavy atom. The Bertz CT molecular complexity index is 695. The standard InChI is InChI=1S/C16H19N3O3/c20-15(18-8-3-4-12(10-18)16(21)22)7-9-19-11-17-13-5-1-2-6-14(13)19/h1-2,5-6,11-12H,3-4,7-10H2,(H,21,22). The highest BCUT2D eigenvalue weighted by Gasteiger charge is 2.27. The van der Waals surface area contributed by atoms with Gasteiger partial charge in [0.25, 0.3) is 0 Å². The van der Waals surface area contributed by atoms with E-state index >= 15 is 0 Å². The van der Waals surface area contributed by atoms with E-state index in [1.807, 2.05) is 28.8 Å². The van der Waals surface area contributed by atoms with Crippen LogP contribution >= 0.6 is 0 Å². The Hall–Kier alpha value is -2.37. The Kier molecular flexibility index (Phi) is 4.09. The van der Waals surface area contributed by atoms with Crippen molar-refractivity contribution < 1.29 is 14.7 Å². The third kappa shape index (κ3) is 2.95. The smallest absolute Gasteiger partial charge is 0.308 e. The molecule has 1 N–H and O–H groups in total. The van der Waals surface area contributed by atoms with Gasteiger partial charge in [0.1, 0.15) is 0 Å². The molecule has 2 aromatic rings. The second-order valence-corrected chi connectivity index (χ2v) is 5.69. The second-order valence-electron chi connectivity index (χ2n) is 5.69. The fraction of sp³-hybridized carbons (Fsp3) is 0.438. The highest BCUT2D eigenvalue weighted by Crippen LogP contribution is 2.18. The number of aliphatic carboxylic acids is 1. The molecule has 1 aromatic heterocycles. The van der Waals surface area contributed by atoms with Crippen LogP contribution in [0.1, 0.15) is 19.3 Å². The molecule has 1 atom stereocenters. The molecule has 0 radical (unpaired) electrons. The van der Waals surface area contributed by atoms with Crippen molar-refractivity contribution in [3.05, 3.63) is 30.6 Å². The number of piperidine rings is 1. The quantitative estimate of drug-likeness (QED) is 0.933. The van der Waals surface area contributed by atoms with Gasteiger partial charge in [0.05, 0.1) is 23.3 Å². The van der Waals surface area contributed by atoms with Gasteiger partial charge in [-0.25, -0.2) is 4.98 Å². The van der Waals surface area contributed by atoms with Crippen molar-refractivity contribution in [1.82, 2.24) is 14.5 Å². The van der Waals surface area contributed by atoms with Gasteiger partial charge in [-0.3, -0.25) is 9.59 Å². The first-order valence-electron chi connectivity index (χ1n) is 7.55. The lowest BCUT2D eigenvalue weighted by Crippen LogP contribution is -2.42. The lowest BCUT2D eigenvalue weighted by atomic mass is 9.98. The Balaban J connectivity index is 1.61. The van der Waals surface area contributed by atoms with Crippen LogP contribution in [0, 0.1) is 5.92 Å². The number of nitrogens with zero attached hydrogens (tertiary/aromatic N) is 3. The number of carboxylic acid groups (broad SMARTS) is 1. The van der Waals surface area contributed by atoms with Crippen LogP contribution in [-0.4, -0.2) is 44.5 Å². The molecule has 1 amide bonds. The molecule has 0 bridgehead atoms. The lowest BCUT2D eigenvalue weighted by Gasteiger charge is -2.30. The van der Waals surface area contributed by atoms with Gasteiger partial charge in [0.15, 0.2) is 0 Å². The number of hydrogen-bond acceptors (Lipinski definition) is 3. The summed E-state index contributed by atoms with van der Waals surface area (Å²) in [5, 5.41) is 9.09. The SMILES string of the molecule is O=C(O)C1CCCN(C(=O)CCn2cnc3ccccc32)C1. The summed E-state index contributed by atoms with van der Waals surface area (Å²) in [5.74, 6) is -1.21. The molecule has 6 nitrogen and oxygen atoms in total. The molecule has 3 rings (SSSR count). The van der Waals surface area contributed by atoms with Crippen molar-refractivity contribution in [2.24, 2.45) is 5.92 Å². The summed E-state index contributed by atoms with van der Waals surface area (Å²) in [6.45, 7) is 1.56. The van der Waals surface area contributed by atoms with Crippen molar-refractivity contribution in [2.45, 2.75) is 25.8 Å². The number of amides is 1. The van der Waals surface area contributed by atoms with E-state index in [0.717, 1.165) is 17.5 Å². The molecule has 0 aliphatic carbocycles. The molecule has 22 heavy (non-hydrogen) atoms. The van der Waals surface area contributed by atoms with Crippen molar-refractivity contribution in [3.8, 4) is 0 Å². The molecule has 1 aliphatic rings. The summed E-state index contributed by atoms with van der Waals surface area (Å²) in [5.41, 5.74) is 1.93. The minimum absolute atomic E-state index is 0.0173. The van der Waals surface area contributed by atoms with E-state index in [1.54, 1.807) is 11.2 Å². The predicted octanol–water partition coefficient (Wildman–Crippen LogP) is 1.75. The number of hydrogen-bond donors (Lipinski definition) is 1. The van der Waals surface area contributed by atoms with Crippen LogP contribution in [-0.2, 0) is 16.1 Å². The molecule has 116 valence electrons. The maximum absolute atomic E-state index is 12.3. The van der Waals surface area contributed by atoms with E-state index < -0.39 is 11.9 Å². The van der Waals surface area contributed by atoms with Gasteiger partial charge < -0.3 is 14.6 Å². The zero-order valence-electron chi connectivity index (χ0n) is 12.3. The van der Waals surface area contributed by atoms with E-state index in [0.29, 0.717) is 32.5 Å². The number of fused-ring (bicyclic) bond motifs is 1. The summed E-state index contributed by atoms with van der Waals surface area (Å²) in [4.78, 5) is 29.3. The minimum atomic E-state index is -0.807. The van der Waals surface area contributed by atoms with Gasteiger partial charge in [-0.05, 0) is 25.0 Å². The molecule has 1 unspecified atom stereocenters. The summed E-state index contributed by atoms with van der Waals surface area (Å²) < 4.78 is 1.96. The van der Waals surface area contributed by atoms with Crippen molar-refractivity contribution in [3.63, 3.8) is 0 Å². The first-order chi connectivity index (χ1) is 10.6. The molecule has 0 saturated carbocycles. The summed E-state index contributed by atoms with van der Waals surface area (Å²) >= 11 is 0. The van der Waals surface area contributed by atoms with Crippen LogP contribution in [0.3, 0.4) is 0 Å². The number of aryl methyl sites for hydroxylation is 1. The van der Waals surface area contributed by atoms with Crippen LogP contribution in [0.15, 0.2) is 30.6 Å². The van der Waals surface area contributed by atoms with Crippen molar-refractivity contribution in [1.29, 1.82) is 0 Å². The van der Waals surface area contributed by atoms with Crippen LogP contribution in [0.5, 0.6) is 0 Å². The second kappa shape index (κ2) is 6.17. The molecule has 1 fully saturated rings. The molecule has 2 heterocycles. The van der Waals surface area contributed by atoms with E-state index in [1.165, 1.54) is 0 Å². The first-order valence-corrected chi connectivity index (χ1v) is 7.55. The van der Waals surface area contributed by atoms with Crippen molar-refractivity contribution >= 4 is 22.9 Å². The Morgan fingerprint density at radius 1 is 1.32 bits per heavy atom. The van der Waals surface area contributed by atoms with Gasteiger partial charge in [0, 0.05) is 26.1 Å². The van der Waals surface area contributed by atoms with E-state index in [9.17, 15) is 9.59 Å². The highest BCUT2D eigenvalue weighted by atomic mass is 16.4. The fourth-order valence-corrected chi connectivity index (χ4v) is 2.97. The number of carbonyl (C=O) groups excluding carboxylic acids is 1. The number of benzene rings is 1. The zero-order valence-corrected chi connectivity index (χ0v) is 12.3. The van der Waals surface area contributed by atoms with Crippen LogP contribution in [0.2, 0.25) is 0 Å². The van der Waals surface area contributed by atoms with Gasteiger partial charge >= 0.3 is 5.97 Å². The van der Waals surface area contributed by atoms with Crippen LogP contribution < -0.4 is 0 Å². The number of para-hydroxylation sites is 2. The van der Waals surface area contributed by atoms with Gasteiger partial charge in [-0.15, -0.1) is 0 Å². The molecule has 6 heteroatoms. The lowest BCUT2D eigenvalue weighted by molar-refractivity contribution is -0.145. The average Bonchev–Trinajstić information content (AvgIpc) is 2.96. The summed E-state index contributed by atoms with van der Waals surface area (Å²) in [7, 11) is 0. The third-order valence-corrected chi connectivity index (χ3v) is 4.22. The average molecular weight is 301 g/mol. The number of carbonyl (C=O) groups is 2. The van der Waals surface area contributed by atoms with Crippen LogP contribution in [0.25, 0.3) is 11.0 Å². The maximum atomic E-state index is 12.3. The number of rotatable bonds is 4. The summed E-state index contributed by atoms with van der Waals surface area (Å²) in [6, 6.07) is 7.80. The Labute approximate surface area is 128 Å². The van der Waals surface area contributed by atoms with E-state index in [4.69, 9.17) is 5.11 Å². The monoisotopic (exact) mass is 301 g/mol. The third-order valence-electron chi connectivity index (χ3n) is 4.22. The van der Waals surface area contributed by atoms with Gasteiger partial charge in [-0.1, -0.05) is 12.1 Å². The normalized spacial score (nSPS) is 18.5. The maximum Gasteiger partial charge on any atom is 0.308 e. The topological polar surface area (TPSA) is 75.4 Å².